The quantitative estimate of drug-likeness (QED) is 0.171. The Bertz CT molecular complexity index is 1330. The van der Waals surface area contributed by atoms with E-state index in [-0.39, 0.29) is 44.8 Å². The summed E-state index contributed by atoms with van der Waals surface area (Å²) in [6.07, 6.45) is 0. The van der Waals surface area contributed by atoms with E-state index in [1.165, 1.54) is 6.07 Å². The maximum Gasteiger partial charge on any atom is 0.302 e. The number of nitrogen functional groups attached to an aromatic ring is 2. The molecular formula is C13H16Cl2N10O5S2. The number of guanidine groups is 1. The number of rotatable bonds is 2. The van der Waals surface area contributed by atoms with Gasteiger partial charge >= 0.3 is 5.91 Å². The Balaban J connectivity index is 0.000000229. The third-order valence-corrected chi connectivity index (χ3v) is 6.60. The van der Waals surface area contributed by atoms with E-state index in [1.807, 2.05) is 0 Å². The van der Waals surface area contributed by atoms with Crippen LogP contribution in [0.3, 0.4) is 0 Å². The van der Waals surface area contributed by atoms with Crippen LogP contribution in [0.5, 0.6) is 0 Å². The summed E-state index contributed by atoms with van der Waals surface area (Å²) in [4.78, 5) is 21.1. The molecule has 12 N–H and O–H groups in total. The van der Waals surface area contributed by atoms with Crippen LogP contribution in [0.25, 0.3) is 0 Å². The molecule has 32 heavy (non-hydrogen) atoms. The zero-order valence-electron chi connectivity index (χ0n) is 15.7. The Morgan fingerprint density at radius 1 is 1.12 bits per heavy atom. The van der Waals surface area contributed by atoms with Crippen molar-refractivity contribution in [1.29, 1.82) is 0 Å². The highest BCUT2D eigenvalue weighted by Gasteiger charge is 2.27. The molecule has 0 saturated heterocycles. The van der Waals surface area contributed by atoms with Crippen molar-refractivity contribution in [3.8, 4) is 0 Å². The van der Waals surface area contributed by atoms with Crippen molar-refractivity contribution in [3.05, 3.63) is 28.0 Å². The number of nitrogens with one attached hydrogen (secondary N) is 2. The van der Waals surface area contributed by atoms with Gasteiger partial charge < -0.3 is 28.3 Å². The number of anilines is 3. The number of hydrogen-bond acceptors (Lipinski definition) is 10. The van der Waals surface area contributed by atoms with Crippen LogP contribution < -0.4 is 38.1 Å². The van der Waals surface area contributed by atoms with Gasteiger partial charge in [0.1, 0.15) is 9.79 Å². The Labute approximate surface area is 191 Å². The van der Waals surface area contributed by atoms with Crippen LogP contribution in [-0.4, -0.2) is 45.3 Å². The van der Waals surface area contributed by atoms with Crippen molar-refractivity contribution in [2.24, 2.45) is 21.6 Å². The second-order valence-electron chi connectivity index (χ2n) is 5.80. The van der Waals surface area contributed by atoms with E-state index < -0.39 is 36.8 Å². The molecule has 19 heteroatoms. The molecule has 0 unspecified atom stereocenters. The standard InChI is InChI=1S/C7H8ClN3O4S2.C6H8ClN7O/c8-4-1-5-7(2-6(4)16(9,12)13)17(14,15)11-3-10-5;7-2-4(9)13-3(8)1(12-2)5(15)14-6(10)11/h1-2,10-11H,3H2,(H2,9,12,13);(H4,8,9,13)(H4,10,11,14,15). The normalized spacial score (nSPS) is 14.2. The third-order valence-electron chi connectivity index (χ3n) is 3.51. The molecule has 0 fully saturated rings. The number of fused-ring (bicyclic) bond motifs is 1. The molecule has 0 bridgehead atoms. The number of carbonyl (C=O) groups is 1. The smallest absolute Gasteiger partial charge is 0.302 e. The maximum absolute atomic E-state index is 11.6. The van der Waals surface area contributed by atoms with E-state index in [0.717, 1.165) is 6.07 Å². The summed E-state index contributed by atoms with van der Waals surface area (Å²) in [5, 5.41) is 7.39. The number of carbonyl (C=O) groups excluding carboxylic acids is 1. The molecule has 0 aliphatic carbocycles. The third kappa shape index (κ3) is 5.84. The fourth-order valence-electron chi connectivity index (χ4n) is 2.19. The lowest BCUT2D eigenvalue weighted by Crippen LogP contribution is -2.34. The van der Waals surface area contributed by atoms with E-state index in [0.29, 0.717) is 0 Å². The Morgan fingerprint density at radius 3 is 2.31 bits per heavy atom. The van der Waals surface area contributed by atoms with Gasteiger partial charge in [-0.05, 0) is 12.1 Å². The molecule has 2 aromatic rings. The SMILES string of the molecule is NC(N)=NC(=O)c1nc(Cl)c(N)nc1N.NS(=O)(=O)c1cc2c(cc1Cl)NCNS2(=O)=O. The molecule has 0 radical (unpaired) electrons. The Hall–Kier alpha value is -2.96. The van der Waals surface area contributed by atoms with Gasteiger partial charge in [0.25, 0.3) is 0 Å². The first-order valence-electron chi connectivity index (χ1n) is 7.95. The zero-order chi connectivity index (χ0) is 24.4. The number of primary sulfonamides is 1. The van der Waals surface area contributed by atoms with Crippen LogP contribution in [0.2, 0.25) is 10.2 Å². The van der Waals surface area contributed by atoms with E-state index >= 15 is 0 Å². The first-order valence-corrected chi connectivity index (χ1v) is 11.7. The van der Waals surface area contributed by atoms with Crippen molar-refractivity contribution in [3.63, 3.8) is 0 Å². The van der Waals surface area contributed by atoms with Gasteiger partial charge in [0, 0.05) is 0 Å². The summed E-state index contributed by atoms with van der Waals surface area (Å²) in [5.74, 6) is -1.50. The number of halogens is 2. The van der Waals surface area contributed by atoms with Gasteiger partial charge in [-0.1, -0.05) is 23.2 Å². The van der Waals surface area contributed by atoms with Crippen LogP contribution in [0.1, 0.15) is 10.5 Å². The highest BCUT2D eigenvalue weighted by Crippen LogP contribution is 2.32. The van der Waals surface area contributed by atoms with Crippen LogP contribution in [0.15, 0.2) is 26.9 Å². The molecule has 0 atom stereocenters. The van der Waals surface area contributed by atoms with Gasteiger partial charge in [0.2, 0.25) is 20.0 Å². The Morgan fingerprint density at radius 2 is 1.75 bits per heavy atom. The average molecular weight is 527 g/mol. The van der Waals surface area contributed by atoms with Crippen LogP contribution in [0, 0.1) is 0 Å². The highest BCUT2D eigenvalue weighted by atomic mass is 35.5. The lowest BCUT2D eigenvalue weighted by molar-refractivity contribution is 0.0998. The van der Waals surface area contributed by atoms with Crippen molar-refractivity contribution in [1.82, 2.24) is 14.7 Å². The molecular weight excluding hydrogens is 511 g/mol. The number of aromatic nitrogens is 2. The molecule has 1 amide bonds. The van der Waals surface area contributed by atoms with Crippen LogP contribution in [0.4, 0.5) is 17.3 Å². The Kier molecular flexibility index (Phi) is 7.33. The van der Waals surface area contributed by atoms with Crippen LogP contribution >= 0.6 is 23.2 Å². The molecule has 3 rings (SSSR count). The van der Waals surface area contributed by atoms with E-state index in [2.05, 4.69) is 25.0 Å². The number of nitrogens with two attached hydrogens (primary N) is 5. The summed E-state index contributed by atoms with van der Waals surface area (Å²) >= 11 is 11.3. The average Bonchev–Trinajstić information content (AvgIpc) is 2.63. The number of nitrogens with zero attached hydrogens (tertiary/aromatic N) is 3. The summed E-state index contributed by atoms with van der Waals surface area (Å²) in [5.41, 5.74) is 20.7. The predicted molar refractivity (Wildman–Crippen MR) is 118 cm³/mol. The molecule has 1 aromatic heterocycles. The first-order chi connectivity index (χ1) is 14.6. The summed E-state index contributed by atoms with van der Waals surface area (Å²) < 4.78 is 47.9. The second kappa shape index (κ2) is 9.27. The highest BCUT2D eigenvalue weighted by molar-refractivity contribution is 7.90. The maximum atomic E-state index is 11.6. The number of aliphatic imine (C=N–C) groups is 1. The summed E-state index contributed by atoms with van der Waals surface area (Å²) in [7, 11) is -7.80. The molecule has 1 aromatic carbocycles. The van der Waals surface area contributed by atoms with E-state index in [4.69, 9.17) is 51.3 Å². The molecule has 0 spiro atoms. The molecule has 0 saturated carbocycles. The van der Waals surface area contributed by atoms with Gasteiger partial charge in [-0.25, -0.2) is 31.9 Å². The van der Waals surface area contributed by atoms with E-state index in [9.17, 15) is 21.6 Å². The fourth-order valence-corrected chi connectivity index (χ4v) is 4.60. The fraction of sp³-hybridized carbons (Fsp3) is 0.0769. The van der Waals surface area contributed by atoms with Gasteiger partial charge in [-0.15, -0.1) is 0 Å². The predicted octanol–water partition coefficient (Wildman–Crippen LogP) is -1.64. The second-order valence-corrected chi connectivity index (χ2v) is 9.83. The number of amides is 1. The number of benzene rings is 1. The minimum atomic E-state index is -4.07. The molecule has 2 heterocycles. The molecule has 1 aliphatic heterocycles. The monoisotopic (exact) mass is 526 g/mol. The lowest BCUT2D eigenvalue weighted by Gasteiger charge is -2.20. The van der Waals surface area contributed by atoms with E-state index in [1.54, 1.807) is 0 Å². The number of sulfonamides is 2. The first kappa shape index (κ1) is 25.3. The van der Waals surface area contributed by atoms with Gasteiger partial charge in [0.15, 0.2) is 28.4 Å². The van der Waals surface area contributed by atoms with Crippen molar-refractivity contribution >= 4 is 72.4 Å². The molecule has 1 aliphatic rings. The molecule has 15 nitrogen and oxygen atoms in total. The van der Waals surface area contributed by atoms with Crippen molar-refractivity contribution in [2.75, 3.05) is 23.5 Å². The largest absolute Gasteiger partial charge is 0.382 e. The van der Waals surface area contributed by atoms with Gasteiger partial charge in [-0.3, -0.25) is 4.79 Å². The minimum absolute atomic E-state index is 0.0143. The van der Waals surface area contributed by atoms with Gasteiger partial charge in [-0.2, -0.15) is 9.71 Å². The van der Waals surface area contributed by atoms with Gasteiger partial charge in [0.05, 0.1) is 17.4 Å². The van der Waals surface area contributed by atoms with Crippen molar-refractivity contribution in [2.45, 2.75) is 9.79 Å². The van der Waals surface area contributed by atoms with Crippen LogP contribution in [-0.2, 0) is 20.0 Å². The topological polar surface area (TPSA) is 278 Å². The zero-order valence-corrected chi connectivity index (χ0v) is 18.8. The molecule has 174 valence electrons. The lowest BCUT2D eigenvalue weighted by atomic mass is 10.3. The summed E-state index contributed by atoms with van der Waals surface area (Å²) in [6, 6.07) is 2.15. The van der Waals surface area contributed by atoms with Crippen molar-refractivity contribution < 1.29 is 21.6 Å². The summed E-state index contributed by atoms with van der Waals surface area (Å²) in [6.45, 7) is 0.0143. The minimum Gasteiger partial charge on any atom is -0.382 e. The number of hydrogen-bond donors (Lipinski definition) is 7.